The zero-order valence-electron chi connectivity index (χ0n) is 12.1. The van der Waals surface area contributed by atoms with Crippen LogP contribution in [0.2, 0.25) is 0 Å². The van der Waals surface area contributed by atoms with Crippen LogP contribution in [0.15, 0.2) is 77.7 Å². The number of fused-ring (bicyclic) bond motifs is 1. The van der Waals surface area contributed by atoms with Crippen molar-refractivity contribution in [3.63, 3.8) is 0 Å². The molecule has 0 radical (unpaired) electrons. The van der Waals surface area contributed by atoms with Crippen molar-refractivity contribution in [2.75, 3.05) is 6.54 Å². The number of rotatable bonds is 4. The molecular formula is C18H18NO2S+. The summed E-state index contributed by atoms with van der Waals surface area (Å²) in [6, 6.07) is 22.2. The van der Waals surface area contributed by atoms with Crippen LogP contribution in [-0.4, -0.2) is 15.0 Å². The van der Waals surface area contributed by atoms with Gasteiger partial charge in [0.2, 0.25) is 0 Å². The van der Waals surface area contributed by atoms with Crippen LogP contribution in [0.3, 0.4) is 0 Å². The molecule has 3 aromatic carbocycles. The number of sulfone groups is 1. The molecule has 0 heterocycles. The minimum absolute atomic E-state index is 0.297. The maximum atomic E-state index is 13.0. The fraction of sp³-hybridized carbons (Fsp3) is 0.111. The van der Waals surface area contributed by atoms with E-state index in [4.69, 9.17) is 0 Å². The first-order valence-corrected chi connectivity index (χ1v) is 8.75. The lowest BCUT2D eigenvalue weighted by atomic mass is 10.0. The molecule has 0 bridgehead atoms. The molecule has 3 rings (SSSR count). The molecule has 3 nitrogen and oxygen atoms in total. The number of hydrogen-bond donors (Lipinski definition) is 1. The van der Waals surface area contributed by atoms with E-state index in [-0.39, 0.29) is 0 Å². The molecule has 0 unspecified atom stereocenters. The van der Waals surface area contributed by atoms with E-state index in [1.54, 1.807) is 24.3 Å². The van der Waals surface area contributed by atoms with Gasteiger partial charge in [0.1, 0.15) is 5.25 Å². The topological polar surface area (TPSA) is 61.8 Å². The Morgan fingerprint density at radius 3 is 2.18 bits per heavy atom. The van der Waals surface area contributed by atoms with E-state index in [1.165, 1.54) is 0 Å². The third kappa shape index (κ3) is 2.51. The molecule has 0 saturated heterocycles. The van der Waals surface area contributed by atoms with Gasteiger partial charge in [0.15, 0.2) is 9.84 Å². The summed E-state index contributed by atoms with van der Waals surface area (Å²) in [4.78, 5) is 0.344. The monoisotopic (exact) mass is 312 g/mol. The molecule has 0 amide bonds. The Morgan fingerprint density at radius 1 is 0.818 bits per heavy atom. The van der Waals surface area contributed by atoms with E-state index in [0.29, 0.717) is 11.4 Å². The highest BCUT2D eigenvalue weighted by Crippen LogP contribution is 2.32. The molecule has 112 valence electrons. The van der Waals surface area contributed by atoms with E-state index in [2.05, 4.69) is 5.73 Å². The molecule has 3 aromatic rings. The van der Waals surface area contributed by atoms with Crippen LogP contribution in [0, 0.1) is 0 Å². The first-order valence-electron chi connectivity index (χ1n) is 7.20. The molecule has 0 aromatic heterocycles. The van der Waals surface area contributed by atoms with E-state index >= 15 is 0 Å². The normalized spacial score (nSPS) is 13.1. The minimum atomic E-state index is -3.46. The van der Waals surface area contributed by atoms with Crippen molar-refractivity contribution in [2.24, 2.45) is 0 Å². The molecule has 0 aliphatic carbocycles. The SMILES string of the molecule is [NH3+]C[C@@H](c1cccc2ccccc12)S(=O)(=O)c1ccccc1. The van der Waals surface area contributed by atoms with Gasteiger partial charge in [-0.05, 0) is 28.5 Å². The molecule has 0 aliphatic rings. The van der Waals surface area contributed by atoms with Gasteiger partial charge in [-0.1, -0.05) is 60.7 Å². The largest absolute Gasteiger partial charge is 0.356 e. The molecule has 0 fully saturated rings. The van der Waals surface area contributed by atoms with Gasteiger partial charge in [-0.25, -0.2) is 8.42 Å². The lowest BCUT2D eigenvalue weighted by molar-refractivity contribution is -0.367. The summed E-state index contributed by atoms with van der Waals surface area (Å²) in [5.74, 6) is 0. The van der Waals surface area contributed by atoms with Gasteiger partial charge in [0.25, 0.3) is 0 Å². The standard InChI is InChI=1S/C18H17NO2S/c19-13-18(22(20,21)15-9-2-1-3-10-15)17-12-6-8-14-7-4-5-11-16(14)17/h1-12,18H,13,19H2/p+1/t18-/m0/s1. The second kappa shape index (κ2) is 5.91. The Bertz CT molecular complexity index is 884. The Hall–Kier alpha value is -2.17. The van der Waals surface area contributed by atoms with Crippen LogP contribution in [-0.2, 0) is 9.84 Å². The predicted molar refractivity (Wildman–Crippen MR) is 88.1 cm³/mol. The molecule has 22 heavy (non-hydrogen) atoms. The highest BCUT2D eigenvalue weighted by molar-refractivity contribution is 7.91. The van der Waals surface area contributed by atoms with Crippen molar-refractivity contribution in [3.05, 3.63) is 78.4 Å². The Balaban J connectivity index is 2.19. The van der Waals surface area contributed by atoms with Crippen LogP contribution in [0.1, 0.15) is 10.8 Å². The van der Waals surface area contributed by atoms with Crippen molar-refractivity contribution in [1.82, 2.24) is 0 Å². The van der Waals surface area contributed by atoms with Gasteiger partial charge in [0, 0.05) is 0 Å². The second-order valence-corrected chi connectivity index (χ2v) is 7.33. The van der Waals surface area contributed by atoms with E-state index < -0.39 is 15.1 Å². The highest BCUT2D eigenvalue weighted by Gasteiger charge is 2.30. The Morgan fingerprint density at radius 2 is 1.45 bits per heavy atom. The van der Waals surface area contributed by atoms with Crippen molar-refractivity contribution in [2.45, 2.75) is 10.1 Å². The molecule has 4 heteroatoms. The van der Waals surface area contributed by atoms with Crippen LogP contribution in [0.5, 0.6) is 0 Å². The molecule has 3 N–H and O–H groups in total. The zero-order chi connectivity index (χ0) is 15.6. The summed E-state index contributed by atoms with van der Waals surface area (Å²) in [6.45, 7) is 0.297. The molecule has 0 spiro atoms. The fourth-order valence-corrected chi connectivity index (χ4v) is 4.50. The van der Waals surface area contributed by atoms with Crippen LogP contribution in [0.4, 0.5) is 0 Å². The first kappa shape index (κ1) is 14.8. The van der Waals surface area contributed by atoms with Crippen molar-refractivity contribution in [3.8, 4) is 0 Å². The van der Waals surface area contributed by atoms with Crippen molar-refractivity contribution < 1.29 is 14.2 Å². The average Bonchev–Trinajstić information content (AvgIpc) is 2.56. The number of quaternary nitrogens is 1. The first-order chi connectivity index (χ1) is 10.6. The van der Waals surface area contributed by atoms with Gasteiger partial charge in [-0.2, -0.15) is 0 Å². The summed E-state index contributed by atoms with van der Waals surface area (Å²) in [5.41, 5.74) is 4.70. The van der Waals surface area contributed by atoms with Gasteiger partial charge >= 0.3 is 0 Å². The van der Waals surface area contributed by atoms with E-state index in [0.717, 1.165) is 16.3 Å². The third-order valence-corrected chi connectivity index (χ3v) is 6.05. The van der Waals surface area contributed by atoms with Gasteiger partial charge in [0.05, 0.1) is 11.4 Å². The van der Waals surface area contributed by atoms with Gasteiger partial charge in [-0.3, -0.25) is 0 Å². The highest BCUT2D eigenvalue weighted by atomic mass is 32.2. The third-order valence-electron chi connectivity index (χ3n) is 3.88. The zero-order valence-corrected chi connectivity index (χ0v) is 13.0. The Kier molecular flexibility index (Phi) is 3.96. The second-order valence-electron chi connectivity index (χ2n) is 5.20. The number of hydrogen-bond acceptors (Lipinski definition) is 2. The summed E-state index contributed by atoms with van der Waals surface area (Å²) >= 11 is 0. The maximum absolute atomic E-state index is 13.0. The van der Waals surface area contributed by atoms with E-state index in [9.17, 15) is 8.42 Å². The van der Waals surface area contributed by atoms with Crippen molar-refractivity contribution in [1.29, 1.82) is 0 Å². The fourth-order valence-electron chi connectivity index (χ4n) is 2.78. The van der Waals surface area contributed by atoms with Crippen molar-refractivity contribution >= 4 is 20.6 Å². The quantitative estimate of drug-likeness (QED) is 0.805. The summed E-state index contributed by atoms with van der Waals surface area (Å²) in [7, 11) is -3.46. The van der Waals surface area contributed by atoms with Crippen LogP contribution in [0.25, 0.3) is 10.8 Å². The molecular weight excluding hydrogens is 294 g/mol. The van der Waals surface area contributed by atoms with Crippen LogP contribution >= 0.6 is 0 Å². The summed E-state index contributed by atoms with van der Waals surface area (Å²) < 4.78 is 25.9. The molecule has 0 saturated carbocycles. The predicted octanol–water partition coefficient (Wildman–Crippen LogP) is 2.60. The summed E-state index contributed by atoms with van der Waals surface area (Å²) in [5, 5.41) is 1.38. The minimum Gasteiger partial charge on any atom is -0.356 e. The van der Waals surface area contributed by atoms with Gasteiger partial charge in [-0.15, -0.1) is 0 Å². The smallest absolute Gasteiger partial charge is 0.190 e. The summed E-state index contributed by atoms with van der Waals surface area (Å²) in [6.07, 6.45) is 0. The number of benzene rings is 3. The Labute approximate surface area is 130 Å². The van der Waals surface area contributed by atoms with E-state index in [1.807, 2.05) is 48.5 Å². The average molecular weight is 312 g/mol. The lowest BCUT2D eigenvalue weighted by Crippen LogP contribution is -2.54. The maximum Gasteiger partial charge on any atom is 0.190 e. The molecule has 1 atom stereocenters. The lowest BCUT2D eigenvalue weighted by Gasteiger charge is -2.17. The van der Waals surface area contributed by atoms with Crippen LogP contribution < -0.4 is 5.73 Å². The molecule has 0 aliphatic heterocycles. The van der Waals surface area contributed by atoms with Gasteiger partial charge < -0.3 is 5.73 Å².